The van der Waals surface area contributed by atoms with Gasteiger partial charge in [-0.2, -0.15) is 0 Å². The van der Waals surface area contributed by atoms with E-state index < -0.39 is 0 Å². The standard InChI is InChI=1S/C4H2Br2N/c5-3-1-2-7-4(3)6/h1,7H. The van der Waals surface area contributed by atoms with Crippen molar-refractivity contribution in [3.8, 4) is 0 Å². The van der Waals surface area contributed by atoms with Crippen molar-refractivity contribution in [2.45, 2.75) is 0 Å². The topological polar surface area (TPSA) is 15.8 Å². The highest BCUT2D eigenvalue weighted by Crippen LogP contribution is 2.18. The van der Waals surface area contributed by atoms with Gasteiger partial charge in [0.25, 0.3) is 0 Å². The predicted molar refractivity (Wildman–Crippen MR) is 35.0 cm³/mol. The lowest BCUT2D eigenvalue weighted by Crippen LogP contribution is -1.55. The van der Waals surface area contributed by atoms with Gasteiger partial charge in [-0.05, 0) is 37.9 Å². The molecule has 3 heteroatoms. The molecule has 1 rings (SSSR count). The molecule has 0 fully saturated rings. The van der Waals surface area contributed by atoms with Gasteiger partial charge in [-0.15, -0.1) is 0 Å². The highest BCUT2D eigenvalue weighted by Gasteiger charge is 1.90. The van der Waals surface area contributed by atoms with Gasteiger partial charge in [0.15, 0.2) is 0 Å². The number of aromatic amines is 1. The zero-order chi connectivity index (χ0) is 5.28. The van der Waals surface area contributed by atoms with Crippen molar-refractivity contribution in [2.24, 2.45) is 0 Å². The number of rotatable bonds is 0. The van der Waals surface area contributed by atoms with E-state index in [0.717, 1.165) is 9.08 Å². The van der Waals surface area contributed by atoms with Crippen LogP contribution in [0.4, 0.5) is 0 Å². The fourth-order valence-corrected chi connectivity index (χ4v) is 0.728. The van der Waals surface area contributed by atoms with Crippen molar-refractivity contribution in [3.05, 3.63) is 21.3 Å². The Hall–Kier alpha value is 0.240. The molecule has 1 nitrogen and oxygen atoms in total. The van der Waals surface area contributed by atoms with Crippen LogP contribution < -0.4 is 0 Å². The van der Waals surface area contributed by atoms with Crippen molar-refractivity contribution in [1.29, 1.82) is 0 Å². The molecule has 0 saturated carbocycles. The van der Waals surface area contributed by atoms with Gasteiger partial charge >= 0.3 is 0 Å². The Morgan fingerprint density at radius 1 is 1.57 bits per heavy atom. The largest absolute Gasteiger partial charge is 0.347 e. The SMILES string of the molecule is Brc1c[c][nH]c1Br. The van der Waals surface area contributed by atoms with Crippen molar-refractivity contribution in [3.63, 3.8) is 0 Å². The van der Waals surface area contributed by atoms with Crippen LogP contribution in [0.15, 0.2) is 15.1 Å². The Morgan fingerprint density at radius 3 is 2.43 bits per heavy atom. The van der Waals surface area contributed by atoms with E-state index in [4.69, 9.17) is 0 Å². The van der Waals surface area contributed by atoms with E-state index in [9.17, 15) is 0 Å². The van der Waals surface area contributed by atoms with E-state index in [1.54, 1.807) is 0 Å². The van der Waals surface area contributed by atoms with Crippen molar-refractivity contribution < 1.29 is 0 Å². The summed E-state index contributed by atoms with van der Waals surface area (Å²) in [6.45, 7) is 0. The van der Waals surface area contributed by atoms with E-state index in [-0.39, 0.29) is 0 Å². The summed E-state index contributed by atoms with van der Waals surface area (Å²) in [5.74, 6) is 0. The van der Waals surface area contributed by atoms with E-state index in [2.05, 4.69) is 43.0 Å². The van der Waals surface area contributed by atoms with Crippen LogP contribution >= 0.6 is 31.9 Å². The number of aromatic nitrogens is 1. The average molecular weight is 224 g/mol. The van der Waals surface area contributed by atoms with Crippen LogP contribution in [0, 0.1) is 6.20 Å². The molecule has 1 heterocycles. The van der Waals surface area contributed by atoms with Gasteiger partial charge in [0.1, 0.15) is 0 Å². The quantitative estimate of drug-likeness (QED) is 0.695. The van der Waals surface area contributed by atoms with Crippen LogP contribution in [-0.4, -0.2) is 4.98 Å². The maximum atomic E-state index is 3.26. The summed E-state index contributed by atoms with van der Waals surface area (Å²) in [5.41, 5.74) is 0. The smallest absolute Gasteiger partial charge is 0.0969 e. The molecule has 0 aliphatic rings. The number of hydrogen-bond donors (Lipinski definition) is 1. The average Bonchev–Trinajstić information content (AvgIpc) is 1.91. The zero-order valence-electron chi connectivity index (χ0n) is 3.33. The van der Waals surface area contributed by atoms with Crippen LogP contribution in [0.1, 0.15) is 0 Å². The molecule has 1 aromatic rings. The first-order valence-corrected chi connectivity index (χ1v) is 3.29. The first-order chi connectivity index (χ1) is 3.30. The third-order valence-corrected chi connectivity index (χ3v) is 2.37. The van der Waals surface area contributed by atoms with Crippen molar-refractivity contribution in [1.82, 2.24) is 4.98 Å². The molecular weight excluding hydrogens is 222 g/mol. The molecule has 0 amide bonds. The predicted octanol–water partition coefficient (Wildman–Crippen LogP) is 2.34. The monoisotopic (exact) mass is 222 g/mol. The van der Waals surface area contributed by atoms with Gasteiger partial charge in [0, 0.05) is 0 Å². The second kappa shape index (κ2) is 2.01. The minimum atomic E-state index is 0.938. The minimum Gasteiger partial charge on any atom is -0.347 e. The molecule has 0 bridgehead atoms. The number of halogens is 2. The number of H-pyrrole nitrogens is 1. The molecule has 0 aromatic carbocycles. The van der Waals surface area contributed by atoms with Crippen molar-refractivity contribution >= 4 is 31.9 Å². The lowest BCUT2D eigenvalue weighted by molar-refractivity contribution is 1.34. The van der Waals surface area contributed by atoms with Crippen molar-refractivity contribution in [2.75, 3.05) is 0 Å². The summed E-state index contributed by atoms with van der Waals surface area (Å²) in [4.78, 5) is 2.81. The Balaban J connectivity index is 3.12. The Kier molecular flexibility index (Phi) is 1.54. The number of hydrogen-bond acceptors (Lipinski definition) is 0. The fraction of sp³-hybridized carbons (Fsp3) is 0. The van der Waals surface area contributed by atoms with Gasteiger partial charge in [0.05, 0.1) is 15.3 Å². The molecule has 1 radical (unpaired) electrons. The summed E-state index contributed by atoms with van der Waals surface area (Å²) in [7, 11) is 0. The van der Waals surface area contributed by atoms with E-state index in [1.807, 2.05) is 6.07 Å². The Labute approximate surface area is 58.4 Å². The molecular formula is C4H2Br2N. The molecule has 0 saturated heterocycles. The first kappa shape index (κ1) is 5.38. The van der Waals surface area contributed by atoms with Crippen LogP contribution in [0.2, 0.25) is 0 Å². The first-order valence-electron chi connectivity index (χ1n) is 1.71. The summed E-state index contributed by atoms with van der Waals surface area (Å²) >= 11 is 6.49. The maximum Gasteiger partial charge on any atom is 0.0969 e. The molecule has 0 aliphatic heterocycles. The normalized spacial score (nSPS) is 9.43. The van der Waals surface area contributed by atoms with Crippen LogP contribution in [0.25, 0.3) is 0 Å². The number of nitrogens with one attached hydrogen (secondary N) is 1. The van der Waals surface area contributed by atoms with Gasteiger partial charge in [-0.25, -0.2) is 0 Å². The second-order valence-electron chi connectivity index (χ2n) is 1.08. The summed E-state index contributed by atoms with van der Waals surface area (Å²) in [6, 6.07) is 1.81. The third kappa shape index (κ3) is 1.07. The highest BCUT2D eigenvalue weighted by atomic mass is 79.9. The minimum absolute atomic E-state index is 0.938. The Morgan fingerprint density at radius 2 is 2.29 bits per heavy atom. The molecule has 0 spiro atoms. The van der Waals surface area contributed by atoms with E-state index in [0.29, 0.717) is 0 Å². The third-order valence-electron chi connectivity index (χ3n) is 0.590. The lowest BCUT2D eigenvalue weighted by Gasteiger charge is -1.76. The van der Waals surface area contributed by atoms with Gasteiger partial charge in [0.2, 0.25) is 0 Å². The second-order valence-corrected chi connectivity index (χ2v) is 2.72. The molecule has 0 aliphatic carbocycles. The Bertz CT molecular complexity index is 142. The maximum absolute atomic E-state index is 3.26. The van der Waals surface area contributed by atoms with E-state index in [1.165, 1.54) is 0 Å². The summed E-state index contributed by atoms with van der Waals surface area (Å²) < 4.78 is 1.94. The van der Waals surface area contributed by atoms with Gasteiger partial charge < -0.3 is 4.98 Å². The van der Waals surface area contributed by atoms with Crippen LogP contribution in [-0.2, 0) is 0 Å². The highest BCUT2D eigenvalue weighted by molar-refractivity contribution is 9.13. The fourth-order valence-electron chi connectivity index (χ4n) is 0.286. The molecule has 0 atom stereocenters. The lowest BCUT2D eigenvalue weighted by atomic mass is 10.7. The van der Waals surface area contributed by atoms with E-state index >= 15 is 0 Å². The molecule has 7 heavy (non-hydrogen) atoms. The molecule has 1 aromatic heterocycles. The van der Waals surface area contributed by atoms with Crippen LogP contribution in [0.3, 0.4) is 0 Å². The summed E-state index contributed by atoms with van der Waals surface area (Å²) in [6.07, 6.45) is 2.78. The van der Waals surface area contributed by atoms with Gasteiger partial charge in [-0.1, -0.05) is 0 Å². The zero-order valence-corrected chi connectivity index (χ0v) is 6.51. The molecule has 0 unspecified atom stereocenters. The molecule has 37 valence electrons. The molecule has 1 N–H and O–H groups in total. The van der Waals surface area contributed by atoms with Crippen LogP contribution in [0.5, 0.6) is 0 Å². The summed E-state index contributed by atoms with van der Waals surface area (Å²) in [5, 5.41) is 0. The van der Waals surface area contributed by atoms with Gasteiger partial charge in [-0.3, -0.25) is 0 Å².